The highest BCUT2D eigenvalue weighted by Gasteiger charge is 2.67. The number of nitrogens with zero attached hydrogens (tertiary/aromatic N) is 1. The van der Waals surface area contributed by atoms with Gasteiger partial charge in [-0.2, -0.15) is 0 Å². The molecule has 0 amide bonds. The summed E-state index contributed by atoms with van der Waals surface area (Å²) in [5, 5.41) is 0. The zero-order chi connectivity index (χ0) is 17.3. The summed E-state index contributed by atoms with van der Waals surface area (Å²) in [6.07, 6.45) is 4.56. The van der Waals surface area contributed by atoms with Crippen LogP contribution in [0, 0.1) is 11.8 Å². The van der Waals surface area contributed by atoms with Crippen LogP contribution in [0.15, 0.2) is 22.9 Å². The maximum atomic E-state index is 12.0. The summed E-state index contributed by atoms with van der Waals surface area (Å²) >= 11 is 0. The largest absolute Gasteiger partial charge is 0.490 e. The van der Waals surface area contributed by atoms with Gasteiger partial charge >= 0.3 is 5.97 Å². The van der Waals surface area contributed by atoms with Crippen molar-refractivity contribution in [1.82, 2.24) is 4.90 Å². The molecular weight excluding hydrogens is 322 g/mol. The van der Waals surface area contributed by atoms with E-state index in [9.17, 15) is 4.79 Å². The smallest absolute Gasteiger partial charge is 0.379 e. The van der Waals surface area contributed by atoms with Crippen molar-refractivity contribution in [1.29, 1.82) is 0 Å². The number of carbonyl (C=O) groups excluding carboxylic acids is 1. The zero-order valence-corrected chi connectivity index (χ0v) is 15.0. The maximum absolute atomic E-state index is 12.0. The molecule has 0 N–H and O–H groups in total. The van der Waals surface area contributed by atoms with E-state index in [-0.39, 0.29) is 17.8 Å². The summed E-state index contributed by atoms with van der Waals surface area (Å²) in [6.45, 7) is 6.32. The van der Waals surface area contributed by atoms with E-state index in [1.807, 2.05) is 6.92 Å². The Kier molecular flexibility index (Phi) is 3.29. The van der Waals surface area contributed by atoms with E-state index in [0.717, 1.165) is 43.7 Å². The Hall–Kier alpha value is -1.53. The number of cyclic esters (lactones) is 1. The van der Waals surface area contributed by atoms with Gasteiger partial charge in [-0.05, 0) is 39.3 Å². The van der Waals surface area contributed by atoms with Crippen molar-refractivity contribution in [3.8, 4) is 0 Å². The number of rotatable bonds is 1. The molecule has 6 nitrogen and oxygen atoms in total. The SMILES string of the molecule is COC1=C(C)C(=C2OC34CCCN5CCCC(O3)C5C4C2C)OC1=O. The van der Waals surface area contributed by atoms with Crippen molar-refractivity contribution < 1.29 is 23.7 Å². The predicted octanol–water partition coefficient (Wildman–Crippen LogP) is 2.31. The van der Waals surface area contributed by atoms with Crippen LogP contribution in [0.5, 0.6) is 0 Å². The third-order valence-corrected chi connectivity index (χ3v) is 6.66. The molecule has 5 heterocycles. The van der Waals surface area contributed by atoms with Crippen LogP contribution < -0.4 is 0 Å². The molecule has 0 radical (unpaired) electrons. The van der Waals surface area contributed by atoms with Gasteiger partial charge in [0.25, 0.3) is 0 Å². The standard InChI is InChI=1S/C19H25NO5/c1-10-13-14-12-6-4-8-20(14)9-5-7-19(13,24-12)25-16(10)15-11(2)17(22-3)18(21)23-15/h10,12-14H,4-9H2,1-3H3. The van der Waals surface area contributed by atoms with Crippen molar-refractivity contribution >= 4 is 5.97 Å². The fraction of sp³-hybridized carbons (Fsp3) is 0.737. The lowest BCUT2D eigenvalue weighted by molar-refractivity contribution is -0.210. The van der Waals surface area contributed by atoms with Crippen LogP contribution in [0.1, 0.15) is 39.5 Å². The highest BCUT2D eigenvalue weighted by Crippen LogP contribution is 2.59. The topological polar surface area (TPSA) is 57.2 Å². The van der Waals surface area contributed by atoms with Crippen molar-refractivity contribution in [3.05, 3.63) is 22.9 Å². The molecule has 5 aliphatic heterocycles. The molecule has 5 unspecified atom stereocenters. The number of methoxy groups -OCH3 is 1. The number of ether oxygens (including phenoxy) is 4. The van der Waals surface area contributed by atoms with E-state index in [1.54, 1.807) is 0 Å². The zero-order valence-electron chi connectivity index (χ0n) is 15.0. The summed E-state index contributed by atoms with van der Waals surface area (Å²) in [6, 6.07) is 0.410. The Morgan fingerprint density at radius 2 is 2.08 bits per heavy atom. The van der Waals surface area contributed by atoms with Crippen LogP contribution in [0.2, 0.25) is 0 Å². The molecule has 5 atom stereocenters. The molecule has 25 heavy (non-hydrogen) atoms. The van der Waals surface area contributed by atoms with Crippen molar-refractivity contribution in [2.45, 2.75) is 57.5 Å². The average molecular weight is 347 g/mol. The minimum absolute atomic E-state index is 0.155. The molecule has 136 valence electrons. The quantitative estimate of drug-likeness (QED) is 0.679. The van der Waals surface area contributed by atoms with Crippen molar-refractivity contribution in [2.24, 2.45) is 11.8 Å². The molecule has 4 saturated heterocycles. The summed E-state index contributed by atoms with van der Waals surface area (Å²) in [5.74, 6) is 1.02. The van der Waals surface area contributed by atoms with Gasteiger partial charge in [0.1, 0.15) is 5.76 Å². The van der Waals surface area contributed by atoms with Gasteiger partial charge in [0.15, 0.2) is 5.76 Å². The van der Waals surface area contributed by atoms with Crippen LogP contribution in [0.3, 0.4) is 0 Å². The molecule has 0 aromatic rings. The van der Waals surface area contributed by atoms with Gasteiger partial charge in [-0.3, -0.25) is 4.90 Å². The van der Waals surface area contributed by atoms with Gasteiger partial charge in [0.2, 0.25) is 11.5 Å². The highest BCUT2D eigenvalue weighted by atomic mass is 16.7. The van der Waals surface area contributed by atoms with E-state index < -0.39 is 11.8 Å². The van der Waals surface area contributed by atoms with Crippen LogP contribution in [0.25, 0.3) is 0 Å². The summed E-state index contributed by atoms with van der Waals surface area (Å²) in [5.41, 5.74) is 0.721. The van der Waals surface area contributed by atoms with Gasteiger partial charge in [0, 0.05) is 24.0 Å². The van der Waals surface area contributed by atoms with Crippen molar-refractivity contribution in [2.75, 3.05) is 20.2 Å². The Bertz CT molecular complexity index is 692. The van der Waals surface area contributed by atoms with Gasteiger partial charge in [-0.1, -0.05) is 6.92 Å². The molecule has 5 aliphatic rings. The Morgan fingerprint density at radius 1 is 1.28 bits per heavy atom. The molecule has 0 aromatic carbocycles. The average Bonchev–Trinajstić information content (AvgIpc) is 3.11. The maximum Gasteiger partial charge on any atom is 0.379 e. The number of allylic oxidation sites excluding steroid dienone is 2. The molecule has 5 rings (SSSR count). The number of hydrogen-bond donors (Lipinski definition) is 0. The second-order valence-electron chi connectivity index (χ2n) is 7.90. The second kappa shape index (κ2) is 5.24. The first-order valence-corrected chi connectivity index (χ1v) is 9.38. The fourth-order valence-corrected chi connectivity index (χ4v) is 5.71. The monoisotopic (exact) mass is 347 g/mol. The number of esters is 1. The van der Waals surface area contributed by atoms with E-state index in [0.29, 0.717) is 17.7 Å². The molecule has 0 aromatic heterocycles. The number of piperidine rings is 1. The normalized spacial score (nSPS) is 46.0. The molecule has 2 bridgehead atoms. The van der Waals surface area contributed by atoms with Crippen LogP contribution >= 0.6 is 0 Å². The lowest BCUT2D eigenvalue weighted by Crippen LogP contribution is -2.49. The lowest BCUT2D eigenvalue weighted by Gasteiger charge is -2.39. The Labute approximate surface area is 147 Å². The van der Waals surface area contributed by atoms with Crippen molar-refractivity contribution in [3.63, 3.8) is 0 Å². The first kappa shape index (κ1) is 15.7. The molecular formula is C19H25NO5. The van der Waals surface area contributed by atoms with Gasteiger partial charge < -0.3 is 18.9 Å². The molecule has 0 saturated carbocycles. The first-order chi connectivity index (χ1) is 12.1. The van der Waals surface area contributed by atoms with E-state index >= 15 is 0 Å². The van der Waals surface area contributed by atoms with Crippen LogP contribution in [-0.4, -0.2) is 49.0 Å². The summed E-state index contributed by atoms with van der Waals surface area (Å²) in [7, 11) is 1.49. The first-order valence-electron chi connectivity index (χ1n) is 9.38. The van der Waals surface area contributed by atoms with Gasteiger partial charge in [-0.15, -0.1) is 0 Å². The van der Waals surface area contributed by atoms with E-state index in [1.165, 1.54) is 13.5 Å². The highest BCUT2D eigenvalue weighted by molar-refractivity contribution is 5.92. The van der Waals surface area contributed by atoms with Crippen LogP contribution in [-0.2, 0) is 23.7 Å². The van der Waals surface area contributed by atoms with E-state index in [2.05, 4.69) is 11.8 Å². The van der Waals surface area contributed by atoms with Gasteiger partial charge in [-0.25, -0.2) is 4.79 Å². The van der Waals surface area contributed by atoms with Crippen LogP contribution in [0.4, 0.5) is 0 Å². The Morgan fingerprint density at radius 3 is 2.84 bits per heavy atom. The van der Waals surface area contributed by atoms with E-state index in [4.69, 9.17) is 18.9 Å². The number of hydrogen-bond acceptors (Lipinski definition) is 6. The minimum Gasteiger partial charge on any atom is -0.490 e. The lowest BCUT2D eigenvalue weighted by atomic mass is 9.79. The molecule has 0 aliphatic carbocycles. The molecule has 6 heteroatoms. The summed E-state index contributed by atoms with van der Waals surface area (Å²) in [4.78, 5) is 14.6. The minimum atomic E-state index is -0.557. The Balaban J connectivity index is 1.58. The van der Waals surface area contributed by atoms with Gasteiger partial charge in [0.05, 0.1) is 19.1 Å². The predicted molar refractivity (Wildman–Crippen MR) is 88.0 cm³/mol. The number of carbonyl (C=O) groups is 1. The fourth-order valence-electron chi connectivity index (χ4n) is 5.71. The third kappa shape index (κ3) is 1.95. The summed E-state index contributed by atoms with van der Waals surface area (Å²) < 4.78 is 23.8. The molecule has 0 spiro atoms. The third-order valence-electron chi connectivity index (χ3n) is 6.66. The molecule has 4 fully saturated rings. The second-order valence-corrected chi connectivity index (χ2v) is 7.90.